The number of thioether (sulfide) groups is 1. The van der Waals surface area contributed by atoms with Crippen LogP contribution in [-0.2, 0) is 11.3 Å². The molecule has 0 radical (unpaired) electrons. The van der Waals surface area contributed by atoms with Crippen molar-refractivity contribution in [3.8, 4) is 17.1 Å². The normalized spacial score (nSPS) is 13.8. The number of halogens is 1. The van der Waals surface area contributed by atoms with Crippen molar-refractivity contribution < 1.29 is 9.53 Å². The van der Waals surface area contributed by atoms with Crippen molar-refractivity contribution in [1.29, 1.82) is 0 Å². The fraction of sp³-hybridized carbons (Fsp3) is 0.292. The number of rotatable bonds is 9. The van der Waals surface area contributed by atoms with Crippen LogP contribution in [0, 0.1) is 0 Å². The van der Waals surface area contributed by atoms with Gasteiger partial charge in [-0.25, -0.2) is 0 Å². The summed E-state index contributed by atoms with van der Waals surface area (Å²) in [5.74, 6) is 1.77. The average molecular weight is 513 g/mol. The number of nitrogens with one attached hydrogen (secondary N) is 1. The van der Waals surface area contributed by atoms with Crippen molar-refractivity contribution in [1.82, 2.24) is 14.8 Å². The summed E-state index contributed by atoms with van der Waals surface area (Å²) in [5, 5.41) is 12.3. The number of allylic oxidation sites excluding steroid dienone is 1. The topological polar surface area (TPSA) is 69.0 Å². The minimum absolute atomic E-state index is 0.0968. The first-order chi connectivity index (χ1) is 15.6. The zero-order valence-corrected chi connectivity index (χ0v) is 20.1. The molecule has 1 aliphatic rings. The third-order valence-electron chi connectivity index (χ3n) is 5.21. The van der Waals surface area contributed by atoms with Crippen molar-refractivity contribution in [3.05, 3.63) is 65.7 Å². The molecule has 32 heavy (non-hydrogen) atoms. The van der Waals surface area contributed by atoms with Gasteiger partial charge in [0.1, 0.15) is 5.75 Å². The van der Waals surface area contributed by atoms with E-state index in [4.69, 9.17) is 4.74 Å². The molecule has 1 aliphatic carbocycles. The lowest BCUT2D eigenvalue weighted by Gasteiger charge is -2.13. The SMILES string of the molecule is C=CCn1c(SCC(=O)Nc2ccc(Br)cc2)nnc1-c1ccc(OC2CCCC2)cc1. The van der Waals surface area contributed by atoms with Crippen LogP contribution < -0.4 is 10.1 Å². The van der Waals surface area contributed by atoms with Gasteiger partial charge in [0.2, 0.25) is 5.91 Å². The monoisotopic (exact) mass is 512 g/mol. The molecule has 8 heteroatoms. The number of amides is 1. The van der Waals surface area contributed by atoms with Crippen molar-refractivity contribution in [3.63, 3.8) is 0 Å². The molecule has 1 amide bonds. The van der Waals surface area contributed by atoms with E-state index in [1.807, 2.05) is 53.1 Å². The number of carbonyl (C=O) groups is 1. The maximum Gasteiger partial charge on any atom is 0.234 e. The van der Waals surface area contributed by atoms with E-state index in [0.29, 0.717) is 17.8 Å². The molecule has 3 aromatic rings. The van der Waals surface area contributed by atoms with Crippen molar-refractivity contribution in [2.45, 2.75) is 43.5 Å². The number of aromatic nitrogens is 3. The van der Waals surface area contributed by atoms with Crippen LogP contribution in [0.2, 0.25) is 0 Å². The Morgan fingerprint density at radius 3 is 2.56 bits per heavy atom. The van der Waals surface area contributed by atoms with E-state index in [9.17, 15) is 4.79 Å². The summed E-state index contributed by atoms with van der Waals surface area (Å²) in [5.41, 5.74) is 1.70. The molecule has 2 aromatic carbocycles. The van der Waals surface area contributed by atoms with E-state index in [-0.39, 0.29) is 11.7 Å². The largest absolute Gasteiger partial charge is 0.490 e. The summed E-state index contributed by atoms with van der Waals surface area (Å²) in [6, 6.07) is 15.5. The van der Waals surface area contributed by atoms with E-state index in [1.165, 1.54) is 24.6 Å². The van der Waals surface area contributed by atoms with Gasteiger partial charge >= 0.3 is 0 Å². The van der Waals surface area contributed by atoms with Gasteiger partial charge in [0.15, 0.2) is 11.0 Å². The first-order valence-corrected chi connectivity index (χ1v) is 12.4. The molecule has 0 unspecified atom stereocenters. The number of anilines is 1. The summed E-state index contributed by atoms with van der Waals surface area (Å²) >= 11 is 4.74. The third-order valence-corrected chi connectivity index (χ3v) is 6.70. The summed E-state index contributed by atoms with van der Waals surface area (Å²) in [6.45, 7) is 4.41. The molecule has 4 rings (SSSR count). The van der Waals surface area contributed by atoms with Crippen LogP contribution in [0.1, 0.15) is 25.7 Å². The second kappa shape index (κ2) is 10.8. The smallest absolute Gasteiger partial charge is 0.234 e. The molecular weight excluding hydrogens is 488 g/mol. The van der Waals surface area contributed by atoms with Crippen LogP contribution >= 0.6 is 27.7 Å². The Balaban J connectivity index is 1.41. The molecule has 0 spiro atoms. The summed E-state index contributed by atoms with van der Waals surface area (Å²) in [6.07, 6.45) is 6.88. The Labute approximate surface area is 200 Å². The minimum Gasteiger partial charge on any atom is -0.490 e. The fourth-order valence-corrected chi connectivity index (χ4v) is 4.66. The molecule has 6 nitrogen and oxygen atoms in total. The highest BCUT2D eigenvalue weighted by molar-refractivity contribution is 9.10. The molecule has 0 bridgehead atoms. The number of ether oxygens (including phenoxy) is 1. The van der Waals surface area contributed by atoms with Crippen LogP contribution in [0.15, 0.2) is 70.8 Å². The molecule has 1 saturated carbocycles. The Bertz CT molecular complexity index is 1060. The maximum atomic E-state index is 12.4. The highest BCUT2D eigenvalue weighted by Crippen LogP contribution is 2.28. The van der Waals surface area contributed by atoms with Crippen LogP contribution in [0.25, 0.3) is 11.4 Å². The van der Waals surface area contributed by atoms with Crippen LogP contribution in [0.3, 0.4) is 0 Å². The number of hydrogen-bond donors (Lipinski definition) is 1. The van der Waals surface area contributed by atoms with Gasteiger partial charge in [-0.05, 0) is 74.2 Å². The number of nitrogens with zero attached hydrogens (tertiary/aromatic N) is 3. The molecular formula is C24H25BrN4O2S. The van der Waals surface area contributed by atoms with Crippen molar-refractivity contribution >= 4 is 39.3 Å². The minimum atomic E-state index is -0.0968. The van der Waals surface area contributed by atoms with Gasteiger partial charge in [-0.2, -0.15) is 0 Å². The lowest BCUT2D eigenvalue weighted by Crippen LogP contribution is -2.14. The van der Waals surface area contributed by atoms with E-state index in [1.54, 1.807) is 6.08 Å². The van der Waals surface area contributed by atoms with Gasteiger partial charge in [0, 0.05) is 22.3 Å². The zero-order chi connectivity index (χ0) is 22.3. The number of carbonyl (C=O) groups excluding carboxylic acids is 1. The van der Waals surface area contributed by atoms with Crippen LogP contribution in [0.5, 0.6) is 5.75 Å². The van der Waals surface area contributed by atoms with Gasteiger partial charge in [-0.15, -0.1) is 16.8 Å². The number of hydrogen-bond acceptors (Lipinski definition) is 5. The van der Waals surface area contributed by atoms with Crippen molar-refractivity contribution in [2.75, 3.05) is 11.1 Å². The van der Waals surface area contributed by atoms with Gasteiger partial charge in [0.05, 0.1) is 11.9 Å². The first kappa shape index (κ1) is 22.6. The second-order valence-electron chi connectivity index (χ2n) is 7.60. The zero-order valence-electron chi connectivity index (χ0n) is 17.7. The summed E-state index contributed by atoms with van der Waals surface area (Å²) in [4.78, 5) is 12.4. The number of benzene rings is 2. The molecule has 0 aliphatic heterocycles. The predicted octanol–water partition coefficient (Wildman–Crippen LogP) is 5.95. The van der Waals surface area contributed by atoms with Crippen molar-refractivity contribution in [2.24, 2.45) is 0 Å². The molecule has 1 fully saturated rings. The maximum absolute atomic E-state index is 12.4. The standard InChI is InChI=1S/C24H25BrN4O2S/c1-2-15-29-23(17-7-13-21(14-8-17)31-20-5-3-4-6-20)27-28-24(29)32-16-22(30)26-19-11-9-18(25)10-12-19/h2,7-14,20H,1,3-6,15-16H2,(H,26,30). The van der Waals surface area contributed by atoms with Gasteiger partial charge in [-0.3, -0.25) is 9.36 Å². The van der Waals surface area contributed by atoms with E-state index in [0.717, 1.165) is 40.1 Å². The Morgan fingerprint density at radius 2 is 1.88 bits per heavy atom. The Kier molecular flexibility index (Phi) is 7.65. The average Bonchev–Trinajstić information content (AvgIpc) is 3.45. The third kappa shape index (κ3) is 5.81. The lowest BCUT2D eigenvalue weighted by molar-refractivity contribution is -0.113. The molecule has 0 saturated heterocycles. The molecule has 0 atom stereocenters. The lowest BCUT2D eigenvalue weighted by atomic mass is 10.2. The Hall–Kier alpha value is -2.58. The van der Waals surface area contributed by atoms with Crippen LogP contribution in [-0.4, -0.2) is 32.5 Å². The molecule has 1 N–H and O–H groups in total. The van der Waals surface area contributed by atoms with Gasteiger partial charge < -0.3 is 10.1 Å². The van der Waals surface area contributed by atoms with E-state index in [2.05, 4.69) is 38.0 Å². The van der Waals surface area contributed by atoms with E-state index >= 15 is 0 Å². The van der Waals surface area contributed by atoms with Gasteiger partial charge in [-0.1, -0.05) is 33.8 Å². The highest BCUT2D eigenvalue weighted by atomic mass is 79.9. The fourth-order valence-electron chi connectivity index (χ4n) is 3.64. The second-order valence-corrected chi connectivity index (χ2v) is 9.46. The highest BCUT2D eigenvalue weighted by Gasteiger charge is 2.18. The summed E-state index contributed by atoms with van der Waals surface area (Å²) < 4.78 is 8.99. The summed E-state index contributed by atoms with van der Waals surface area (Å²) in [7, 11) is 0. The first-order valence-electron chi connectivity index (χ1n) is 10.6. The van der Waals surface area contributed by atoms with Crippen LogP contribution in [0.4, 0.5) is 5.69 Å². The predicted molar refractivity (Wildman–Crippen MR) is 132 cm³/mol. The van der Waals surface area contributed by atoms with Gasteiger partial charge in [0.25, 0.3) is 0 Å². The molecule has 1 heterocycles. The molecule has 166 valence electrons. The quantitative estimate of drug-likeness (QED) is 0.283. The van der Waals surface area contributed by atoms with E-state index < -0.39 is 0 Å². The molecule has 1 aromatic heterocycles. The Morgan fingerprint density at radius 1 is 1.16 bits per heavy atom.